The summed E-state index contributed by atoms with van der Waals surface area (Å²) in [5, 5.41) is 0.370. The van der Waals surface area contributed by atoms with Gasteiger partial charge < -0.3 is 5.73 Å². The molecular formula is C29H21ClN6O3S. The molecule has 0 aliphatic rings. The van der Waals surface area contributed by atoms with E-state index >= 15 is 0 Å². The lowest BCUT2D eigenvalue weighted by Crippen LogP contribution is -2.22. The van der Waals surface area contributed by atoms with Crippen molar-refractivity contribution in [1.29, 1.82) is 0 Å². The number of nitrogen functional groups attached to an aromatic ring is 1. The van der Waals surface area contributed by atoms with Crippen molar-refractivity contribution in [3.05, 3.63) is 113 Å². The van der Waals surface area contributed by atoms with Crippen molar-refractivity contribution >= 4 is 38.3 Å². The number of para-hydroxylation sites is 1. The van der Waals surface area contributed by atoms with Crippen LogP contribution in [0, 0.1) is 0 Å². The number of nitrogens with zero attached hydrogens (tertiary/aromatic N) is 5. The number of hydrogen-bond acceptors (Lipinski definition) is 7. The summed E-state index contributed by atoms with van der Waals surface area (Å²) in [5.74, 6) is 0.337. The summed E-state index contributed by atoms with van der Waals surface area (Å²) in [4.78, 5) is 27.7. The third kappa shape index (κ3) is 4.53. The van der Waals surface area contributed by atoms with E-state index in [4.69, 9.17) is 22.3 Å². The zero-order chi connectivity index (χ0) is 28.0. The topological polar surface area (TPSA) is 126 Å². The number of hydrogen-bond donors (Lipinski definition) is 1. The molecule has 0 amide bonds. The van der Waals surface area contributed by atoms with Crippen LogP contribution in [0.25, 0.3) is 45.2 Å². The number of nitrogens with two attached hydrogens (primary N) is 1. The minimum atomic E-state index is -3.45. The summed E-state index contributed by atoms with van der Waals surface area (Å²) in [6, 6.07) is 24.5. The minimum Gasteiger partial charge on any atom is -0.397 e. The zero-order valence-corrected chi connectivity index (χ0v) is 22.6. The highest BCUT2D eigenvalue weighted by molar-refractivity contribution is 7.90. The van der Waals surface area contributed by atoms with E-state index in [9.17, 15) is 13.2 Å². The van der Waals surface area contributed by atoms with Crippen molar-refractivity contribution in [3.63, 3.8) is 0 Å². The van der Waals surface area contributed by atoms with Gasteiger partial charge >= 0.3 is 0 Å². The average Bonchev–Trinajstić information content (AvgIpc) is 3.38. The second-order valence-electron chi connectivity index (χ2n) is 9.14. The molecule has 6 aromatic rings. The van der Waals surface area contributed by atoms with Gasteiger partial charge in [-0.05, 0) is 42.5 Å². The standard InChI is InChI=1S/C29H21ClN6O3S/c1-40(38,39)22-6-4-5-21(15-22)35-17-33-26-28(35)34-27(36(29(26)37)25-8-3-2-7-23(25)30)19-11-9-18(10-12-19)24-14-13-20(31)16-32-24/h2-17H,31H2,1H3. The van der Waals surface area contributed by atoms with E-state index in [1.807, 2.05) is 30.3 Å². The number of anilines is 1. The predicted molar refractivity (Wildman–Crippen MR) is 156 cm³/mol. The van der Waals surface area contributed by atoms with Gasteiger partial charge in [-0.15, -0.1) is 0 Å². The maximum atomic E-state index is 13.9. The number of aromatic nitrogens is 5. The fourth-order valence-corrected chi connectivity index (χ4v) is 5.30. The zero-order valence-electron chi connectivity index (χ0n) is 21.1. The Morgan fingerprint density at radius 1 is 0.875 bits per heavy atom. The lowest BCUT2D eigenvalue weighted by atomic mass is 10.1. The highest BCUT2D eigenvalue weighted by Gasteiger charge is 2.21. The Balaban J connectivity index is 1.59. The van der Waals surface area contributed by atoms with Gasteiger partial charge in [0.05, 0.1) is 33.2 Å². The molecule has 0 unspecified atom stereocenters. The molecule has 9 nitrogen and oxygen atoms in total. The van der Waals surface area contributed by atoms with Crippen molar-refractivity contribution in [2.45, 2.75) is 4.90 Å². The molecule has 0 spiro atoms. The van der Waals surface area contributed by atoms with E-state index in [-0.39, 0.29) is 16.1 Å². The lowest BCUT2D eigenvalue weighted by Gasteiger charge is -2.15. The first-order valence-electron chi connectivity index (χ1n) is 12.1. The first-order valence-corrected chi connectivity index (χ1v) is 14.4. The number of halogens is 1. The van der Waals surface area contributed by atoms with Crippen molar-refractivity contribution in [2.75, 3.05) is 12.0 Å². The summed E-state index contributed by atoms with van der Waals surface area (Å²) in [6.07, 6.45) is 4.19. The van der Waals surface area contributed by atoms with Crippen LogP contribution in [0.4, 0.5) is 5.69 Å². The molecule has 0 atom stereocenters. The third-order valence-electron chi connectivity index (χ3n) is 6.41. The Bertz CT molecular complexity index is 2070. The van der Waals surface area contributed by atoms with Gasteiger partial charge in [0.1, 0.15) is 12.2 Å². The predicted octanol–water partition coefficient (Wildman–Crippen LogP) is 4.94. The van der Waals surface area contributed by atoms with Crippen LogP contribution < -0.4 is 11.3 Å². The SMILES string of the molecule is CS(=O)(=O)c1cccc(-n2cnc3c(=O)n(-c4ccccc4Cl)c(-c4ccc(-c5ccc(N)cn5)cc4)nc32)c1. The molecule has 0 saturated heterocycles. The Morgan fingerprint density at radius 2 is 1.62 bits per heavy atom. The van der Waals surface area contributed by atoms with Crippen LogP contribution in [0.5, 0.6) is 0 Å². The van der Waals surface area contributed by atoms with E-state index in [1.165, 1.54) is 23.0 Å². The summed E-state index contributed by atoms with van der Waals surface area (Å²) in [7, 11) is -3.45. The number of pyridine rings is 1. The molecule has 40 heavy (non-hydrogen) atoms. The van der Waals surface area contributed by atoms with E-state index in [0.717, 1.165) is 17.5 Å². The van der Waals surface area contributed by atoms with Crippen LogP contribution >= 0.6 is 11.6 Å². The molecule has 6 rings (SSSR count). The minimum absolute atomic E-state index is 0.108. The first kappa shape index (κ1) is 25.5. The normalized spacial score (nSPS) is 11.7. The van der Waals surface area contributed by atoms with E-state index < -0.39 is 15.4 Å². The van der Waals surface area contributed by atoms with Gasteiger partial charge in [-0.25, -0.2) is 18.4 Å². The van der Waals surface area contributed by atoms with Crippen molar-refractivity contribution in [2.24, 2.45) is 0 Å². The van der Waals surface area contributed by atoms with Gasteiger partial charge in [0, 0.05) is 23.1 Å². The van der Waals surface area contributed by atoms with E-state index in [2.05, 4.69) is 9.97 Å². The molecule has 0 radical (unpaired) electrons. The van der Waals surface area contributed by atoms with Crippen molar-refractivity contribution < 1.29 is 8.42 Å². The van der Waals surface area contributed by atoms with Gasteiger partial charge in [0.15, 0.2) is 21.0 Å². The summed E-state index contributed by atoms with van der Waals surface area (Å²) in [5.41, 5.74) is 9.52. The molecule has 3 heterocycles. The smallest absolute Gasteiger partial charge is 0.286 e. The van der Waals surface area contributed by atoms with E-state index in [0.29, 0.717) is 33.5 Å². The molecule has 0 aliphatic heterocycles. The quantitative estimate of drug-likeness (QED) is 0.312. The van der Waals surface area contributed by atoms with Crippen LogP contribution in [0.1, 0.15) is 0 Å². The molecule has 0 bridgehead atoms. The van der Waals surface area contributed by atoms with Crippen molar-refractivity contribution in [3.8, 4) is 34.0 Å². The number of benzene rings is 3. The summed E-state index contributed by atoms with van der Waals surface area (Å²) < 4.78 is 27.4. The maximum Gasteiger partial charge on any atom is 0.286 e. The lowest BCUT2D eigenvalue weighted by molar-refractivity contribution is 0.602. The van der Waals surface area contributed by atoms with Gasteiger partial charge in [-0.3, -0.25) is 18.9 Å². The second-order valence-corrected chi connectivity index (χ2v) is 11.6. The molecule has 0 fully saturated rings. The van der Waals surface area contributed by atoms with Crippen LogP contribution in [-0.4, -0.2) is 38.8 Å². The molecule has 2 N–H and O–H groups in total. The fourth-order valence-electron chi connectivity index (χ4n) is 4.42. The molecule has 11 heteroatoms. The van der Waals surface area contributed by atoms with Gasteiger partial charge in [0.25, 0.3) is 5.56 Å². The highest BCUT2D eigenvalue weighted by Crippen LogP contribution is 2.29. The summed E-state index contributed by atoms with van der Waals surface area (Å²) >= 11 is 6.53. The van der Waals surface area contributed by atoms with Gasteiger partial charge in [-0.1, -0.05) is 54.1 Å². The van der Waals surface area contributed by atoms with E-state index in [1.54, 1.807) is 53.2 Å². The molecule has 0 saturated carbocycles. The third-order valence-corrected chi connectivity index (χ3v) is 7.84. The van der Waals surface area contributed by atoms with Crippen LogP contribution in [0.15, 0.2) is 107 Å². The van der Waals surface area contributed by atoms with Gasteiger partial charge in [-0.2, -0.15) is 0 Å². The highest BCUT2D eigenvalue weighted by atomic mass is 35.5. The number of imidazole rings is 1. The Hall–Kier alpha value is -4.80. The van der Waals surface area contributed by atoms with Crippen LogP contribution in [0.3, 0.4) is 0 Å². The Morgan fingerprint density at radius 3 is 2.33 bits per heavy atom. The van der Waals surface area contributed by atoms with Crippen LogP contribution in [0.2, 0.25) is 5.02 Å². The monoisotopic (exact) mass is 568 g/mol. The average molecular weight is 569 g/mol. The van der Waals surface area contributed by atoms with Crippen molar-refractivity contribution in [1.82, 2.24) is 24.1 Å². The van der Waals surface area contributed by atoms with Gasteiger partial charge in [0.2, 0.25) is 0 Å². The fraction of sp³-hybridized carbons (Fsp3) is 0.0345. The second kappa shape index (κ2) is 9.74. The maximum absolute atomic E-state index is 13.9. The first-order chi connectivity index (χ1) is 19.2. The molecule has 198 valence electrons. The number of sulfone groups is 1. The Labute approximate surface area is 234 Å². The largest absolute Gasteiger partial charge is 0.397 e. The number of fused-ring (bicyclic) bond motifs is 1. The Kier molecular flexibility index (Phi) is 6.21. The molecule has 3 aromatic heterocycles. The van der Waals surface area contributed by atoms with Crippen LogP contribution in [-0.2, 0) is 9.84 Å². The molecule has 0 aliphatic carbocycles. The number of rotatable bonds is 5. The summed E-state index contributed by atoms with van der Waals surface area (Å²) in [6.45, 7) is 0. The molecular weight excluding hydrogens is 548 g/mol. The molecule has 3 aromatic carbocycles.